The van der Waals surface area contributed by atoms with Crippen molar-refractivity contribution in [2.75, 3.05) is 29.1 Å². The molecule has 4 N–H and O–H groups in total. The predicted molar refractivity (Wildman–Crippen MR) is 126 cm³/mol. The molecule has 5 rings (SSSR count). The third-order valence-electron chi connectivity index (χ3n) is 5.84. The number of aliphatic hydroxyl groups is 1. The van der Waals surface area contributed by atoms with Crippen molar-refractivity contribution in [1.82, 2.24) is 19.9 Å². The number of morpholine rings is 1. The second-order valence-electron chi connectivity index (χ2n) is 8.37. The minimum absolute atomic E-state index is 0.00437. The normalized spacial score (nSPS) is 17.4. The van der Waals surface area contributed by atoms with Crippen LogP contribution in [0.1, 0.15) is 12.6 Å². The van der Waals surface area contributed by atoms with Crippen LogP contribution in [0.2, 0.25) is 0 Å². The van der Waals surface area contributed by atoms with Gasteiger partial charge >= 0.3 is 0 Å². The second kappa shape index (κ2) is 8.97. The van der Waals surface area contributed by atoms with Crippen molar-refractivity contribution in [2.45, 2.75) is 18.6 Å². The van der Waals surface area contributed by atoms with Gasteiger partial charge in [-0.3, -0.25) is 14.5 Å². The van der Waals surface area contributed by atoms with Gasteiger partial charge in [-0.2, -0.15) is 5.26 Å². The first-order valence-corrected chi connectivity index (χ1v) is 10.9. The monoisotopic (exact) mass is 506 g/mol. The zero-order valence-electron chi connectivity index (χ0n) is 19.3. The van der Waals surface area contributed by atoms with Gasteiger partial charge in [-0.15, -0.1) is 5.10 Å². The molecule has 0 bridgehead atoms. The van der Waals surface area contributed by atoms with Gasteiger partial charge < -0.3 is 25.4 Å². The summed E-state index contributed by atoms with van der Waals surface area (Å²) < 4.78 is 26.3. The minimum atomic E-state index is -2.34. The van der Waals surface area contributed by atoms with Crippen LogP contribution in [0.15, 0.2) is 47.2 Å². The van der Waals surface area contributed by atoms with E-state index in [0.29, 0.717) is 5.69 Å². The number of nitrogen functional groups attached to an aromatic ring is 1. The number of ether oxygens (including phenoxy) is 1. The number of nitrogens with one attached hydrogen (secondary N) is 1. The quantitative estimate of drug-likeness (QED) is 0.354. The lowest BCUT2D eigenvalue weighted by molar-refractivity contribution is -0.165. The number of rotatable bonds is 5. The van der Waals surface area contributed by atoms with Crippen LogP contribution in [0.4, 0.5) is 21.7 Å². The summed E-state index contributed by atoms with van der Waals surface area (Å²) in [5.41, 5.74) is 3.94. The van der Waals surface area contributed by atoms with Gasteiger partial charge in [-0.1, -0.05) is 5.16 Å². The molecule has 1 aliphatic heterocycles. The number of nitriles is 1. The van der Waals surface area contributed by atoms with Crippen molar-refractivity contribution in [3.8, 4) is 11.8 Å². The molecule has 1 aromatic carbocycles. The average Bonchev–Trinajstić information content (AvgIpc) is 3.51. The third kappa shape index (κ3) is 4.22. The molecular formula is C23H19FN8O5. The maximum absolute atomic E-state index is 14.4. The number of nitrogens with zero attached hydrogens (tertiary/aromatic N) is 6. The Hall–Kier alpha value is -4.87. The first-order chi connectivity index (χ1) is 17.7. The van der Waals surface area contributed by atoms with Crippen molar-refractivity contribution in [3.63, 3.8) is 0 Å². The summed E-state index contributed by atoms with van der Waals surface area (Å²) in [6, 6.07) is 8.97. The molecule has 0 saturated carbocycles. The van der Waals surface area contributed by atoms with Crippen LogP contribution in [0.3, 0.4) is 0 Å². The van der Waals surface area contributed by atoms with Gasteiger partial charge in [0.1, 0.15) is 23.0 Å². The van der Waals surface area contributed by atoms with E-state index in [4.69, 9.17) is 20.3 Å². The van der Waals surface area contributed by atoms with Gasteiger partial charge in [-0.25, -0.2) is 14.1 Å². The summed E-state index contributed by atoms with van der Waals surface area (Å²) in [6.07, 6.45) is 1.48. The molecule has 2 amide bonds. The molecule has 1 fully saturated rings. The molecule has 4 heterocycles. The zero-order chi connectivity index (χ0) is 26.3. The van der Waals surface area contributed by atoms with E-state index in [1.807, 2.05) is 6.07 Å². The molecule has 188 valence electrons. The lowest BCUT2D eigenvalue weighted by Gasteiger charge is -2.37. The number of anilines is 3. The van der Waals surface area contributed by atoms with Gasteiger partial charge in [0.25, 0.3) is 11.8 Å². The van der Waals surface area contributed by atoms with E-state index in [1.54, 1.807) is 18.3 Å². The smallest absolute Gasteiger partial charge is 0.260 e. The van der Waals surface area contributed by atoms with Gasteiger partial charge in [0.2, 0.25) is 0 Å². The fraction of sp³-hybridized carbons (Fsp3) is 0.217. The van der Waals surface area contributed by atoms with Crippen LogP contribution < -0.4 is 16.0 Å². The largest absolute Gasteiger partial charge is 0.380 e. The Morgan fingerprint density at radius 3 is 2.97 bits per heavy atom. The van der Waals surface area contributed by atoms with E-state index in [9.17, 15) is 19.1 Å². The molecule has 1 aliphatic rings. The van der Waals surface area contributed by atoms with Gasteiger partial charge in [-0.05, 0) is 19.1 Å². The first kappa shape index (κ1) is 23.9. The number of nitrogens with two attached hydrogens (primary N) is 1. The molecule has 4 aromatic rings. The van der Waals surface area contributed by atoms with E-state index < -0.39 is 29.3 Å². The Morgan fingerprint density at radius 2 is 2.19 bits per heavy atom. The minimum Gasteiger partial charge on any atom is -0.380 e. The first-order valence-electron chi connectivity index (χ1n) is 10.9. The molecule has 37 heavy (non-hydrogen) atoms. The number of amides is 2. The summed E-state index contributed by atoms with van der Waals surface area (Å²) in [5.74, 6) is -2.39. The number of carbonyl (C=O) groups excluding carboxylic acids is 2. The van der Waals surface area contributed by atoms with E-state index in [2.05, 4.69) is 20.6 Å². The van der Waals surface area contributed by atoms with Crippen LogP contribution in [-0.2, 0) is 14.3 Å². The Kier molecular flexibility index (Phi) is 5.78. The van der Waals surface area contributed by atoms with Crippen LogP contribution in [-0.4, -0.2) is 61.7 Å². The number of halogens is 1. The Balaban J connectivity index is 1.35. The number of carbonyl (C=O) groups is 2. The van der Waals surface area contributed by atoms with E-state index >= 15 is 0 Å². The molecule has 14 heteroatoms. The predicted octanol–water partition coefficient (Wildman–Crippen LogP) is 1.12. The fourth-order valence-electron chi connectivity index (χ4n) is 3.94. The Morgan fingerprint density at radius 1 is 1.38 bits per heavy atom. The summed E-state index contributed by atoms with van der Waals surface area (Å²) in [7, 11) is 0. The number of fused-ring (bicyclic) bond motifs is 1. The number of pyridine rings is 1. The molecule has 0 radical (unpaired) electrons. The number of benzene rings is 1. The third-order valence-corrected chi connectivity index (χ3v) is 5.84. The van der Waals surface area contributed by atoms with Crippen LogP contribution >= 0.6 is 0 Å². The molecule has 2 unspecified atom stereocenters. The Labute approximate surface area is 207 Å². The maximum Gasteiger partial charge on any atom is 0.260 e. The zero-order valence-corrected chi connectivity index (χ0v) is 19.3. The van der Waals surface area contributed by atoms with Crippen LogP contribution in [0.5, 0.6) is 0 Å². The molecule has 1 saturated heterocycles. The highest BCUT2D eigenvalue weighted by molar-refractivity contribution is 6.06. The molecule has 13 nitrogen and oxygen atoms in total. The van der Waals surface area contributed by atoms with Crippen LogP contribution in [0, 0.1) is 17.1 Å². The summed E-state index contributed by atoms with van der Waals surface area (Å²) in [4.78, 5) is 31.4. The van der Waals surface area contributed by atoms with Crippen LogP contribution in [0.25, 0.3) is 16.7 Å². The van der Waals surface area contributed by atoms with Gasteiger partial charge in [0, 0.05) is 36.3 Å². The lowest BCUT2D eigenvalue weighted by Crippen LogP contribution is -2.61. The topological polar surface area (TPSA) is 185 Å². The number of hydrogen-bond acceptors (Lipinski definition) is 10. The highest BCUT2D eigenvalue weighted by Crippen LogP contribution is 2.29. The molecule has 2 atom stereocenters. The highest BCUT2D eigenvalue weighted by Gasteiger charge is 2.49. The van der Waals surface area contributed by atoms with E-state index in [-0.39, 0.29) is 47.1 Å². The molecule has 0 spiro atoms. The fourth-order valence-corrected chi connectivity index (χ4v) is 3.94. The SMILES string of the molecule is CC(O)(C(=O)Nc1cc(F)c2c(N)noc2c1)C1OCCN(c2ccn(-c3ccnc(C#N)c3)n2)C1=O. The summed E-state index contributed by atoms with van der Waals surface area (Å²) >= 11 is 0. The van der Waals surface area contributed by atoms with Crippen molar-refractivity contribution in [2.24, 2.45) is 0 Å². The van der Waals surface area contributed by atoms with Gasteiger partial charge in [0.05, 0.1) is 18.8 Å². The maximum atomic E-state index is 14.4. The Bertz CT molecular complexity index is 1570. The summed E-state index contributed by atoms with van der Waals surface area (Å²) in [6.45, 7) is 1.26. The lowest BCUT2D eigenvalue weighted by atomic mass is 9.95. The van der Waals surface area contributed by atoms with Crippen molar-refractivity contribution >= 4 is 40.1 Å². The van der Waals surface area contributed by atoms with E-state index in [0.717, 1.165) is 13.0 Å². The van der Waals surface area contributed by atoms with Crippen molar-refractivity contribution in [1.29, 1.82) is 5.26 Å². The molecule has 3 aromatic heterocycles. The number of aromatic nitrogens is 4. The van der Waals surface area contributed by atoms with Crippen molar-refractivity contribution in [3.05, 3.63) is 54.2 Å². The highest BCUT2D eigenvalue weighted by atomic mass is 19.1. The second-order valence-corrected chi connectivity index (χ2v) is 8.37. The van der Waals surface area contributed by atoms with Crippen molar-refractivity contribution < 1.29 is 28.3 Å². The summed E-state index contributed by atoms with van der Waals surface area (Å²) in [5, 5.41) is 30.3. The average molecular weight is 506 g/mol. The molecular weight excluding hydrogens is 487 g/mol. The standard InChI is InChI=1S/C23H19FN8O5/c1-23(35,22(34)28-12-9-15(24)18-16(10-12)37-30-20(18)26)19-21(33)31(6-7-36-19)17-3-5-32(29-17)14-2-4-27-13(8-14)11-25/h2-5,8-10,19,35H,6-7H2,1H3,(H2,26,30)(H,28,34). The number of hydrogen-bond donors (Lipinski definition) is 3. The molecule has 0 aliphatic carbocycles. The van der Waals surface area contributed by atoms with E-state index in [1.165, 1.54) is 27.9 Å². The van der Waals surface area contributed by atoms with Gasteiger partial charge in [0.15, 0.2) is 28.9 Å².